The van der Waals surface area contributed by atoms with E-state index in [0.29, 0.717) is 12.6 Å². The van der Waals surface area contributed by atoms with E-state index in [2.05, 4.69) is 31.3 Å². The minimum absolute atomic E-state index is 0.425. The zero-order valence-electron chi connectivity index (χ0n) is 12.3. The third-order valence-corrected chi connectivity index (χ3v) is 3.29. The van der Waals surface area contributed by atoms with Crippen LogP contribution in [0.5, 0.6) is 5.75 Å². The van der Waals surface area contributed by atoms with Gasteiger partial charge in [-0.15, -0.1) is 0 Å². The summed E-state index contributed by atoms with van der Waals surface area (Å²) in [6.45, 7) is 5.91. The molecule has 108 valence electrons. The van der Waals surface area contributed by atoms with Crippen LogP contribution in [0.1, 0.15) is 44.1 Å². The molecule has 1 atom stereocenters. The number of benzene rings is 1. The molecule has 20 heavy (non-hydrogen) atoms. The first-order chi connectivity index (χ1) is 9.83. The van der Waals surface area contributed by atoms with Gasteiger partial charge in [0, 0.05) is 6.04 Å². The van der Waals surface area contributed by atoms with Gasteiger partial charge in [0.15, 0.2) is 0 Å². The minimum Gasteiger partial charge on any atom is -0.486 e. The summed E-state index contributed by atoms with van der Waals surface area (Å²) in [5.41, 5.74) is 1.31. The first-order valence-corrected chi connectivity index (χ1v) is 7.32. The van der Waals surface area contributed by atoms with Gasteiger partial charge in [-0.3, -0.25) is 0 Å². The molecule has 1 N–H and O–H groups in total. The average Bonchev–Trinajstić information content (AvgIpc) is 3.00. The molecule has 2 aromatic rings. The Labute approximate surface area is 121 Å². The lowest BCUT2D eigenvalue weighted by Crippen LogP contribution is -2.21. The van der Waals surface area contributed by atoms with E-state index in [9.17, 15) is 0 Å². The molecule has 0 aliphatic rings. The highest BCUT2D eigenvalue weighted by atomic mass is 16.5. The molecule has 0 saturated heterocycles. The molecule has 0 fully saturated rings. The highest BCUT2D eigenvalue weighted by Crippen LogP contribution is 2.21. The molecule has 0 aliphatic heterocycles. The van der Waals surface area contributed by atoms with E-state index in [1.165, 1.54) is 5.56 Å². The van der Waals surface area contributed by atoms with Crippen molar-refractivity contribution < 1.29 is 9.15 Å². The summed E-state index contributed by atoms with van der Waals surface area (Å²) in [5.74, 6) is 1.71. The van der Waals surface area contributed by atoms with Crippen molar-refractivity contribution in [2.45, 2.75) is 39.3 Å². The maximum Gasteiger partial charge on any atom is 0.146 e. The molecule has 0 bridgehead atoms. The van der Waals surface area contributed by atoms with Crippen LogP contribution in [0.2, 0.25) is 0 Å². The van der Waals surface area contributed by atoms with Crippen LogP contribution in [0.4, 0.5) is 0 Å². The fraction of sp³-hybridized carbons (Fsp3) is 0.412. The molecule has 0 spiro atoms. The second kappa shape index (κ2) is 7.75. The van der Waals surface area contributed by atoms with E-state index in [0.717, 1.165) is 30.9 Å². The van der Waals surface area contributed by atoms with Crippen LogP contribution in [-0.4, -0.2) is 6.54 Å². The Morgan fingerprint density at radius 3 is 2.55 bits per heavy atom. The topological polar surface area (TPSA) is 34.4 Å². The zero-order chi connectivity index (χ0) is 14.2. The zero-order valence-corrected chi connectivity index (χ0v) is 12.3. The van der Waals surface area contributed by atoms with Gasteiger partial charge in [-0.1, -0.05) is 26.0 Å². The lowest BCUT2D eigenvalue weighted by atomic mass is 10.0. The molecule has 0 amide bonds. The first-order valence-electron chi connectivity index (χ1n) is 7.32. The van der Waals surface area contributed by atoms with Gasteiger partial charge in [0.25, 0.3) is 0 Å². The standard InChI is InChI=1S/C17H23NO2/c1-3-11-18-17(4-2)14-7-9-15(10-8-14)20-13-16-6-5-12-19-16/h5-10,12,17-18H,3-4,11,13H2,1-2H3. The minimum atomic E-state index is 0.425. The molecular formula is C17H23NO2. The highest BCUT2D eigenvalue weighted by Gasteiger charge is 2.08. The molecular weight excluding hydrogens is 250 g/mol. The van der Waals surface area contributed by atoms with Crippen molar-refractivity contribution >= 4 is 0 Å². The van der Waals surface area contributed by atoms with E-state index >= 15 is 0 Å². The molecule has 0 aliphatic carbocycles. The van der Waals surface area contributed by atoms with Gasteiger partial charge in [-0.05, 0) is 49.2 Å². The number of furan rings is 1. The van der Waals surface area contributed by atoms with Gasteiger partial charge < -0.3 is 14.5 Å². The van der Waals surface area contributed by atoms with Crippen molar-refractivity contribution in [3.8, 4) is 5.75 Å². The van der Waals surface area contributed by atoms with E-state index in [1.54, 1.807) is 6.26 Å². The third kappa shape index (κ3) is 4.14. The maximum absolute atomic E-state index is 5.69. The second-order valence-electron chi connectivity index (χ2n) is 4.85. The normalized spacial score (nSPS) is 12.3. The Balaban J connectivity index is 1.91. The first kappa shape index (κ1) is 14.7. The monoisotopic (exact) mass is 273 g/mol. The van der Waals surface area contributed by atoms with Gasteiger partial charge in [0.2, 0.25) is 0 Å². The Morgan fingerprint density at radius 2 is 1.95 bits per heavy atom. The van der Waals surface area contributed by atoms with E-state index < -0.39 is 0 Å². The molecule has 0 saturated carbocycles. The molecule has 2 rings (SSSR count). The summed E-state index contributed by atoms with van der Waals surface area (Å²) in [6.07, 6.45) is 3.90. The number of hydrogen-bond acceptors (Lipinski definition) is 3. The lowest BCUT2D eigenvalue weighted by molar-refractivity contribution is 0.270. The van der Waals surface area contributed by atoms with Crippen molar-refractivity contribution in [2.75, 3.05) is 6.54 Å². The van der Waals surface area contributed by atoms with Crippen LogP contribution in [-0.2, 0) is 6.61 Å². The molecule has 1 aromatic carbocycles. The number of nitrogens with one attached hydrogen (secondary N) is 1. The molecule has 1 aromatic heterocycles. The van der Waals surface area contributed by atoms with Gasteiger partial charge in [-0.2, -0.15) is 0 Å². The predicted octanol–water partition coefficient (Wildman–Crippen LogP) is 4.31. The summed E-state index contributed by atoms with van der Waals surface area (Å²) in [7, 11) is 0. The summed E-state index contributed by atoms with van der Waals surface area (Å²) in [4.78, 5) is 0. The second-order valence-corrected chi connectivity index (χ2v) is 4.85. The Bertz CT molecular complexity index is 476. The van der Waals surface area contributed by atoms with Crippen LogP contribution in [0.25, 0.3) is 0 Å². The summed E-state index contributed by atoms with van der Waals surface area (Å²) < 4.78 is 10.9. The quantitative estimate of drug-likeness (QED) is 0.778. The van der Waals surface area contributed by atoms with Crippen molar-refractivity contribution in [1.29, 1.82) is 0 Å². The summed E-state index contributed by atoms with van der Waals surface area (Å²) >= 11 is 0. The van der Waals surface area contributed by atoms with Gasteiger partial charge >= 0.3 is 0 Å². The fourth-order valence-corrected chi connectivity index (χ4v) is 2.16. The summed E-state index contributed by atoms with van der Waals surface area (Å²) in [6, 6.07) is 12.5. The number of rotatable bonds is 8. The van der Waals surface area contributed by atoms with Crippen LogP contribution in [0.3, 0.4) is 0 Å². The van der Waals surface area contributed by atoms with Crippen molar-refractivity contribution in [2.24, 2.45) is 0 Å². The van der Waals surface area contributed by atoms with Crippen LogP contribution in [0.15, 0.2) is 47.1 Å². The van der Waals surface area contributed by atoms with E-state index in [1.807, 2.05) is 24.3 Å². The molecule has 3 nitrogen and oxygen atoms in total. The lowest BCUT2D eigenvalue weighted by Gasteiger charge is -2.17. The largest absolute Gasteiger partial charge is 0.486 e. The Kier molecular flexibility index (Phi) is 5.69. The molecule has 1 unspecified atom stereocenters. The third-order valence-electron chi connectivity index (χ3n) is 3.29. The predicted molar refractivity (Wildman–Crippen MR) is 80.8 cm³/mol. The van der Waals surface area contributed by atoms with E-state index in [-0.39, 0.29) is 0 Å². The Morgan fingerprint density at radius 1 is 1.15 bits per heavy atom. The van der Waals surface area contributed by atoms with Crippen LogP contribution >= 0.6 is 0 Å². The Hall–Kier alpha value is -1.74. The van der Waals surface area contributed by atoms with Crippen molar-refractivity contribution in [3.05, 3.63) is 54.0 Å². The average molecular weight is 273 g/mol. The molecule has 1 heterocycles. The van der Waals surface area contributed by atoms with Crippen LogP contribution in [0, 0.1) is 0 Å². The number of ether oxygens (including phenoxy) is 1. The van der Waals surface area contributed by atoms with Gasteiger partial charge in [0.1, 0.15) is 18.1 Å². The van der Waals surface area contributed by atoms with Gasteiger partial charge in [-0.25, -0.2) is 0 Å². The maximum atomic E-state index is 5.69. The number of hydrogen-bond donors (Lipinski definition) is 1. The molecule has 3 heteroatoms. The SMILES string of the molecule is CCCNC(CC)c1ccc(OCc2ccco2)cc1. The van der Waals surface area contributed by atoms with Crippen LogP contribution < -0.4 is 10.1 Å². The highest BCUT2D eigenvalue weighted by molar-refractivity contribution is 5.29. The smallest absolute Gasteiger partial charge is 0.146 e. The van der Waals surface area contributed by atoms with E-state index in [4.69, 9.17) is 9.15 Å². The molecule has 0 radical (unpaired) electrons. The summed E-state index contributed by atoms with van der Waals surface area (Å²) in [5, 5.41) is 3.55. The van der Waals surface area contributed by atoms with Crippen molar-refractivity contribution in [3.63, 3.8) is 0 Å². The van der Waals surface area contributed by atoms with Gasteiger partial charge in [0.05, 0.1) is 6.26 Å². The fourth-order valence-electron chi connectivity index (χ4n) is 2.16. The van der Waals surface area contributed by atoms with Crippen molar-refractivity contribution in [1.82, 2.24) is 5.32 Å².